The normalized spacial score (nSPS) is 32.5. The van der Waals surface area contributed by atoms with Gasteiger partial charge in [0.05, 0.1) is 10.0 Å². The van der Waals surface area contributed by atoms with Crippen molar-refractivity contribution in [1.82, 2.24) is 5.32 Å². The quantitative estimate of drug-likeness (QED) is 0.813. The summed E-state index contributed by atoms with van der Waals surface area (Å²) < 4.78 is 0. The number of rotatable bonds is 4. The molecule has 0 amide bonds. The van der Waals surface area contributed by atoms with Crippen LogP contribution in [0.4, 0.5) is 0 Å². The van der Waals surface area contributed by atoms with Gasteiger partial charge in [-0.25, -0.2) is 0 Å². The minimum Gasteiger partial charge on any atom is -0.317 e. The van der Waals surface area contributed by atoms with Gasteiger partial charge in [0.2, 0.25) is 0 Å². The lowest BCUT2D eigenvalue weighted by molar-refractivity contribution is 0.0679. The number of benzene rings is 1. The Balaban J connectivity index is 1.89. The summed E-state index contributed by atoms with van der Waals surface area (Å²) in [5.74, 6) is 3.15. The summed E-state index contributed by atoms with van der Waals surface area (Å²) in [7, 11) is 0. The van der Waals surface area contributed by atoms with E-state index in [-0.39, 0.29) is 0 Å². The van der Waals surface area contributed by atoms with Gasteiger partial charge in [0.25, 0.3) is 0 Å². The molecule has 3 saturated carbocycles. The molecule has 2 bridgehead atoms. The first-order valence-corrected chi connectivity index (χ1v) is 8.62. The molecule has 1 aromatic rings. The highest BCUT2D eigenvalue weighted by Gasteiger charge is 2.43. The highest BCUT2D eigenvalue weighted by atomic mass is 35.5. The molecule has 20 heavy (non-hydrogen) atoms. The van der Waals surface area contributed by atoms with E-state index in [0.717, 1.165) is 30.8 Å². The van der Waals surface area contributed by atoms with E-state index < -0.39 is 0 Å². The molecule has 4 rings (SSSR count). The maximum Gasteiger partial charge on any atom is 0.0595 e. The van der Waals surface area contributed by atoms with E-state index in [9.17, 15) is 0 Å². The van der Waals surface area contributed by atoms with Gasteiger partial charge >= 0.3 is 0 Å². The summed E-state index contributed by atoms with van der Waals surface area (Å²) in [5.41, 5.74) is 1.40. The SMILES string of the molecule is CCNC[C@@H]1C2CCC(CC2)[C@@H]1c1ccc(Cl)c(Cl)c1. The van der Waals surface area contributed by atoms with E-state index in [4.69, 9.17) is 23.2 Å². The third-order valence-electron chi connectivity index (χ3n) is 5.35. The summed E-state index contributed by atoms with van der Waals surface area (Å²) >= 11 is 12.3. The third kappa shape index (κ3) is 2.73. The van der Waals surface area contributed by atoms with Gasteiger partial charge < -0.3 is 5.32 Å². The molecule has 0 unspecified atom stereocenters. The first-order chi connectivity index (χ1) is 9.70. The number of hydrogen-bond acceptors (Lipinski definition) is 1. The van der Waals surface area contributed by atoms with Crippen LogP contribution in [0.3, 0.4) is 0 Å². The van der Waals surface area contributed by atoms with Crippen LogP contribution in [0.5, 0.6) is 0 Å². The Morgan fingerprint density at radius 1 is 1.05 bits per heavy atom. The Hall–Kier alpha value is -0.240. The Morgan fingerprint density at radius 3 is 2.40 bits per heavy atom. The molecular formula is C17H23Cl2N. The van der Waals surface area contributed by atoms with Crippen molar-refractivity contribution < 1.29 is 0 Å². The van der Waals surface area contributed by atoms with E-state index in [0.29, 0.717) is 16.0 Å². The second kappa shape index (κ2) is 6.25. The molecule has 1 N–H and O–H groups in total. The molecule has 0 radical (unpaired) electrons. The summed E-state index contributed by atoms with van der Waals surface area (Å²) in [5, 5.41) is 4.94. The smallest absolute Gasteiger partial charge is 0.0595 e. The van der Waals surface area contributed by atoms with Gasteiger partial charge in [-0.2, -0.15) is 0 Å². The van der Waals surface area contributed by atoms with E-state index in [1.165, 1.54) is 31.2 Å². The van der Waals surface area contributed by atoms with Crippen molar-refractivity contribution in [3.8, 4) is 0 Å². The van der Waals surface area contributed by atoms with Crippen LogP contribution in [0, 0.1) is 17.8 Å². The summed E-state index contributed by atoms with van der Waals surface area (Å²) in [6.07, 6.45) is 5.60. The number of halogens is 2. The average Bonchev–Trinajstić information content (AvgIpc) is 2.48. The fourth-order valence-corrected chi connectivity index (χ4v) is 4.73. The molecule has 0 aliphatic heterocycles. The van der Waals surface area contributed by atoms with Crippen molar-refractivity contribution in [1.29, 1.82) is 0 Å². The summed E-state index contributed by atoms with van der Waals surface area (Å²) in [6, 6.07) is 6.26. The molecule has 1 nitrogen and oxygen atoms in total. The van der Waals surface area contributed by atoms with Crippen molar-refractivity contribution in [2.24, 2.45) is 17.8 Å². The maximum atomic E-state index is 6.24. The molecule has 0 aromatic heterocycles. The van der Waals surface area contributed by atoms with E-state index in [1.807, 2.05) is 6.07 Å². The Labute approximate surface area is 132 Å². The van der Waals surface area contributed by atoms with Gasteiger partial charge in [0.15, 0.2) is 0 Å². The fourth-order valence-electron chi connectivity index (χ4n) is 4.42. The Bertz CT molecular complexity index is 466. The Kier molecular flexibility index (Phi) is 4.59. The standard InChI is InChI=1S/C17H23Cl2N/c1-2-20-10-14-11-3-5-12(6-4-11)17(14)13-7-8-15(18)16(19)9-13/h7-9,11-12,14,17,20H,2-6,10H2,1H3/t11?,12?,14-,17-/m1/s1. The number of hydrogen-bond donors (Lipinski definition) is 1. The molecule has 3 heteroatoms. The molecule has 3 aliphatic carbocycles. The summed E-state index contributed by atoms with van der Waals surface area (Å²) in [4.78, 5) is 0. The van der Waals surface area contributed by atoms with Crippen LogP contribution in [-0.4, -0.2) is 13.1 Å². The van der Waals surface area contributed by atoms with Gasteiger partial charge in [-0.15, -0.1) is 0 Å². The van der Waals surface area contributed by atoms with Crippen molar-refractivity contribution in [3.05, 3.63) is 33.8 Å². The lowest BCUT2D eigenvalue weighted by Gasteiger charge is -2.49. The van der Waals surface area contributed by atoms with Crippen molar-refractivity contribution in [2.75, 3.05) is 13.1 Å². The van der Waals surface area contributed by atoms with Crippen LogP contribution in [0.15, 0.2) is 18.2 Å². The second-order valence-corrected chi connectivity index (χ2v) is 7.16. The van der Waals surface area contributed by atoms with Crippen LogP contribution in [0.1, 0.15) is 44.1 Å². The zero-order valence-corrected chi connectivity index (χ0v) is 13.6. The monoisotopic (exact) mass is 311 g/mol. The predicted molar refractivity (Wildman–Crippen MR) is 86.7 cm³/mol. The highest BCUT2D eigenvalue weighted by Crippen LogP contribution is 2.53. The van der Waals surface area contributed by atoms with Crippen LogP contribution in [0.25, 0.3) is 0 Å². The maximum absolute atomic E-state index is 6.24. The Morgan fingerprint density at radius 2 is 1.75 bits per heavy atom. The molecule has 0 heterocycles. The molecule has 3 aliphatic rings. The highest BCUT2D eigenvalue weighted by molar-refractivity contribution is 6.42. The van der Waals surface area contributed by atoms with E-state index >= 15 is 0 Å². The summed E-state index contributed by atoms with van der Waals surface area (Å²) in [6.45, 7) is 4.39. The lowest BCUT2D eigenvalue weighted by Crippen LogP contribution is -2.43. The lowest BCUT2D eigenvalue weighted by atomic mass is 9.57. The van der Waals surface area contributed by atoms with Crippen LogP contribution in [0.2, 0.25) is 10.0 Å². The van der Waals surface area contributed by atoms with Gasteiger partial charge in [-0.05, 0) is 80.1 Å². The van der Waals surface area contributed by atoms with E-state index in [1.54, 1.807) is 0 Å². The van der Waals surface area contributed by atoms with Crippen LogP contribution >= 0.6 is 23.2 Å². The first-order valence-electron chi connectivity index (χ1n) is 7.86. The van der Waals surface area contributed by atoms with Gasteiger partial charge in [-0.3, -0.25) is 0 Å². The van der Waals surface area contributed by atoms with Crippen LogP contribution < -0.4 is 5.32 Å². The molecule has 0 spiro atoms. The zero-order chi connectivity index (χ0) is 14.1. The minimum atomic E-state index is 0.663. The minimum absolute atomic E-state index is 0.663. The second-order valence-electron chi connectivity index (χ2n) is 6.35. The molecule has 0 saturated heterocycles. The van der Waals surface area contributed by atoms with E-state index in [2.05, 4.69) is 24.4 Å². The van der Waals surface area contributed by atoms with Crippen molar-refractivity contribution in [3.63, 3.8) is 0 Å². The van der Waals surface area contributed by atoms with Gasteiger partial charge in [-0.1, -0.05) is 36.2 Å². The molecule has 2 atom stereocenters. The molecule has 110 valence electrons. The molecular weight excluding hydrogens is 289 g/mol. The van der Waals surface area contributed by atoms with Crippen LogP contribution in [-0.2, 0) is 0 Å². The third-order valence-corrected chi connectivity index (χ3v) is 6.09. The largest absolute Gasteiger partial charge is 0.317 e. The average molecular weight is 312 g/mol. The molecule has 3 fully saturated rings. The topological polar surface area (TPSA) is 12.0 Å². The van der Waals surface area contributed by atoms with Crippen molar-refractivity contribution in [2.45, 2.75) is 38.5 Å². The van der Waals surface area contributed by atoms with Gasteiger partial charge in [0.1, 0.15) is 0 Å². The zero-order valence-electron chi connectivity index (χ0n) is 12.0. The fraction of sp³-hybridized carbons (Fsp3) is 0.647. The number of fused-ring (bicyclic) bond motifs is 3. The number of nitrogens with one attached hydrogen (secondary N) is 1. The predicted octanol–water partition coefficient (Wildman–Crippen LogP) is 5.12. The van der Waals surface area contributed by atoms with Crippen molar-refractivity contribution >= 4 is 23.2 Å². The first kappa shape index (κ1) is 14.7. The molecule has 1 aromatic carbocycles. The van der Waals surface area contributed by atoms with Gasteiger partial charge in [0, 0.05) is 0 Å².